The molecule has 0 saturated carbocycles. The number of rotatable bonds is 2. The van der Waals surface area contributed by atoms with Crippen molar-refractivity contribution in [3.63, 3.8) is 0 Å². The van der Waals surface area contributed by atoms with Gasteiger partial charge in [0.2, 0.25) is 0 Å². The van der Waals surface area contributed by atoms with Gasteiger partial charge in [-0.15, -0.1) is 12.4 Å². The molecule has 0 heterocycles. The molecule has 0 aliphatic rings. The summed E-state index contributed by atoms with van der Waals surface area (Å²) >= 11 is 2.87. The third kappa shape index (κ3) is 2.57. The Morgan fingerprint density at radius 3 is 2.57 bits per heavy atom. The smallest absolute Gasteiger partial charge is 0.141 e. The van der Waals surface area contributed by atoms with Crippen LogP contribution in [0.4, 0.5) is 4.39 Å². The minimum absolute atomic E-state index is 0. The number of benzene rings is 1. The number of hydrogen-bond donors (Lipinski definition) is 3. The number of phenols is 1. The molecule has 4 N–H and O–H groups in total. The molecule has 0 spiro atoms. The van der Waals surface area contributed by atoms with Gasteiger partial charge in [0.1, 0.15) is 11.6 Å². The normalized spacial score (nSPS) is 12.0. The van der Waals surface area contributed by atoms with Gasteiger partial charge in [-0.2, -0.15) is 0 Å². The van der Waals surface area contributed by atoms with E-state index >= 15 is 0 Å². The predicted molar refractivity (Wildman–Crippen MR) is 57.0 cm³/mol. The van der Waals surface area contributed by atoms with E-state index in [1.165, 1.54) is 12.1 Å². The molecule has 0 aliphatic heterocycles. The quantitative estimate of drug-likeness (QED) is 0.775. The number of aliphatic hydroxyl groups excluding tert-OH is 1. The average Bonchev–Trinajstić information content (AvgIpc) is 2.13. The van der Waals surface area contributed by atoms with Crippen LogP contribution in [0.1, 0.15) is 11.6 Å². The molecule has 14 heavy (non-hydrogen) atoms. The molecule has 0 saturated heterocycles. The summed E-state index contributed by atoms with van der Waals surface area (Å²) in [7, 11) is 0. The van der Waals surface area contributed by atoms with Gasteiger partial charge >= 0.3 is 0 Å². The molecule has 0 unspecified atom stereocenters. The van der Waals surface area contributed by atoms with Gasteiger partial charge in [-0.1, -0.05) is 6.07 Å². The second-order valence-corrected chi connectivity index (χ2v) is 3.38. The lowest BCUT2D eigenvalue weighted by molar-refractivity contribution is 0.265. The lowest BCUT2D eigenvalue weighted by Gasteiger charge is -2.11. The lowest BCUT2D eigenvalue weighted by Crippen LogP contribution is -2.14. The summed E-state index contributed by atoms with van der Waals surface area (Å²) in [6.45, 7) is -0.300. The van der Waals surface area contributed by atoms with E-state index in [2.05, 4.69) is 15.9 Å². The topological polar surface area (TPSA) is 66.5 Å². The van der Waals surface area contributed by atoms with Crippen LogP contribution in [0.5, 0.6) is 5.75 Å². The third-order valence-corrected chi connectivity index (χ3v) is 2.45. The van der Waals surface area contributed by atoms with Crippen molar-refractivity contribution < 1.29 is 14.6 Å². The molecule has 0 radical (unpaired) electrons. The average molecular weight is 287 g/mol. The van der Waals surface area contributed by atoms with Crippen molar-refractivity contribution >= 4 is 28.3 Å². The highest BCUT2D eigenvalue weighted by atomic mass is 79.9. The van der Waals surface area contributed by atoms with E-state index in [1.807, 2.05) is 0 Å². The largest absolute Gasteiger partial charge is 0.506 e. The van der Waals surface area contributed by atoms with Crippen molar-refractivity contribution in [1.29, 1.82) is 0 Å². The van der Waals surface area contributed by atoms with Crippen LogP contribution in [-0.4, -0.2) is 16.8 Å². The fourth-order valence-corrected chi connectivity index (χ4v) is 1.31. The van der Waals surface area contributed by atoms with Crippen molar-refractivity contribution in [3.05, 3.63) is 28.0 Å². The Balaban J connectivity index is 0.00000169. The molecule has 6 heteroatoms. The van der Waals surface area contributed by atoms with Gasteiger partial charge in [0, 0.05) is 5.56 Å². The van der Waals surface area contributed by atoms with Gasteiger partial charge in [0.25, 0.3) is 0 Å². The molecule has 0 bridgehead atoms. The maximum atomic E-state index is 12.8. The fraction of sp³-hybridized carbons (Fsp3) is 0.250. The van der Waals surface area contributed by atoms with Crippen LogP contribution in [0.2, 0.25) is 0 Å². The second kappa shape index (κ2) is 5.50. The van der Waals surface area contributed by atoms with Gasteiger partial charge in [0.05, 0.1) is 17.1 Å². The van der Waals surface area contributed by atoms with Gasteiger partial charge in [-0.3, -0.25) is 0 Å². The third-order valence-electron chi connectivity index (χ3n) is 1.70. The van der Waals surface area contributed by atoms with E-state index in [1.54, 1.807) is 0 Å². The minimum atomic E-state index is -0.697. The second-order valence-electron chi connectivity index (χ2n) is 2.59. The van der Waals surface area contributed by atoms with Crippen LogP contribution in [0.25, 0.3) is 0 Å². The van der Waals surface area contributed by atoms with E-state index in [0.29, 0.717) is 5.56 Å². The summed E-state index contributed by atoms with van der Waals surface area (Å²) in [6, 6.07) is 1.82. The fourth-order valence-electron chi connectivity index (χ4n) is 0.952. The molecule has 0 aromatic heterocycles. The highest BCUT2D eigenvalue weighted by molar-refractivity contribution is 9.10. The van der Waals surface area contributed by atoms with Gasteiger partial charge in [0.15, 0.2) is 0 Å². The number of halogens is 3. The summed E-state index contributed by atoms with van der Waals surface area (Å²) in [4.78, 5) is 0. The molecule has 0 fully saturated rings. The van der Waals surface area contributed by atoms with Crippen LogP contribution in [0.3, 0.4) is 0 Å². The first-order valence-electron chi connectivity index (χ1n) is 3.61. The van der Waals surface area contributed by atoms with Crippen molar-refractivity contribution in [2.24, 2.45) is 5.73 Å². The predicted octanol–water partition coefficient (Wildman–Crippen LogP) is 1.71. The first-order chi connectivity index (χ1) is 6.07. The summed E-state index contributed by atoms with van der Waals surface area (Å²) in [5, 5.41) is 18.1. The number of aliphatic hydroxyl groups is 1. The van der Waals surface area contributed by atoms with Crippen molar-refractivity contribution in [2.45, 2.75) is 6.04 Å². The zero-order valence-electron chi connectivity index (χ0n) is 7.08. The van der Waals surface area contributed by atoms with E-state index < -0.39 is 11.9 Å². The molecular formula is C8H10BrClFNO2. The first-order valence-corrected chi connectivity index (χ1v) is 4.40. The molecular weight excluding hydrogens is 276 g/mol. The van der Waals surface area contributed by atoms with Crippen LogP contribution in [0.15, 0.2) is 16.6 Å². The molecule has 1 aromatic carbocycles. The van der Waals surface area contributed by atoms with Gasteiger partial charge in [-0.05, 0) is 22.0 Å². The Morgan fingerprint density at radius 2 is 2.07 bits per heavy atom. The number of hydrogen-bond acceptors (Lipinski definition) is 3. The lowest BCUT2D eigenvalue weighted by atomic mass is 10.1. The maximum absolute atomic E-state index is 12.8. The van der Waals surface area contributed by atoms with Crippen LogP contribution >= 0.6 is 28.3 Å². The number of aromatic hydroxyl groups is 1. The maximum Gasteiger partial charge on any atom is 0.141 e. The van der Waals surface area contributed by atoms with Gasteiger partial charge in [-0.25, -0.2) is 4.39 Å². The zero-order valence-corrected chi connectivity index (χ0v) is 9.48. The monoisotopic (exact) mass is 285 g/mol. The molecule has 0 amide bonds. The van der Waals surface area contributed by atoms with Crippen LogP contribution < -0.4 is 5.73 Å². The van der Waals surface area contributed by atoms with Crippen molar-refractivity contribution in [2.75, 3.05) is 6.61 Å². The van der Waals surface area contributed by atoms with Crippen molar-refractivity contribution in [3.8, 4) is 5.75 Å². The molecule has 1 atom stereocenters. The Labute approximate surface area is 95.3 Å². The minimum Gasteiger partial charge on any atom is -0.506 e. The molecule has 3 nitrogen and oxygen atoms in total. The number of nitrogens with two attached hydrogens (primary N) is 1. The zero-order chi connectivity index (χ0) is 10.0. The summed E-state index contributed by atoms with van der Waals surface area (Å²) in [6.07, 6.45) is 0. The SMILES string of the molecule is Cl.N[C@H](CO)c1ccc(F)c(Br)c1O. The Kier molecular flexibility index (Phi) is 5.36. The molecule has 1 rings (SSSR count). The first kappa shape index (κ1) is 13.6. The summed E-state index contributed by atoms with van der Waals surface area (Å²) < 4.78 is 12.8. The molecule has 0 aliphatic carbocycles. The standard InChI is InChI=1S/C8H9BrFNO2.ClH/c9-7-5(10)2-1-4(8(7)13)6(11)3-12;/h1-2,6,12-13H,3,11H2;1H/t6-;/m1./s1. The Bertz CT molecular complexity index is 324. The van der Waals surface area contributed by atoms with Crippen molar-refractivity contribution in [1.82, 2.24) is 0 Å². The highest BCUT2D eigenvalue weighted by Crippen LogP contribution is 2.32. The molecule has 80 valence electrons. The molecule has 1 aromatic rings. The summed E-state index contributed by atoms with van der Waals surface area (Å²) in [5.74, 6) is -0.826. The highest BCUT2D eigenvalue weighted by Gasteiger charge is 2.14. The van der Waals surface area contributed by atoms with Crippen LogP contribution in [0, 0.1) is 5.82 Å². The van der Waals surface area contributed by atoms with Gasteiger partial charge < -0.3 is 15.9 Å². The summed E-state index contributed by atoms with van der Waals surface area (Å²) in [5.41, 5.74) is 5.78. The van der Waals surface area contributed by atoms with E-state index in [0.717, 1.165) is 0 Å². The van der Waals surface area contributed by atoms with Crippen LogP contribution in [-0.2, 0) is 0 Å². The Hall–Kier alpha value is -0.360. The van der Waals surface area contributed by atoms with E-state index in [4.69, 9.17) is 10.8 Å². The van der Waals surface area contributed by atoms with E-state index in [9.17, 15) is 9.50 Å². The van der Waals surface area contributed by atoms with E-state index in [-0.39, 0.29) is 29.2 Å². The Morgan fingerprint density at radius 1 is 1.50 bits per heavy atom. The number of phenolic OH excluding ortho intramolecular Hbond substituents is 1.